The van der Waals surface area contributed by atoms with Gasteiger partial charge >= 0.3 is 0 Å². The zero-order chi connectivity index (χ0) is 14.8. The van der Waals surface area contributed by atoms with Crippen LogP contribution >= 0.6 is 0 Å². The van der Waals surface area contributed by atoms with Gasteiger partial charge in [0.1, 0.15) is 0 Å². The van der Waals surface area contributed by atoms with Crippen molar-refractivity contribution in [2.45, 2.75) is 44.2 Å². The maximum atomic E-state index is 12.8. The molecule has 114 valence electrons. The number of aryl methyl sites for hydroxylation is 1. The van der Waals surface area contributed by atoms with Crippen molar-refractivity contribution in [1.29, 1.82) is 0 Å². The van der Waals surface area contributed by atoms with Gasteiger partial charge in [0.15, 0.2) is 0 Å². The van der Waals surface area contributed by atoms with E-state index in [-0.39, 0.29) is 17.5 Å². The van der Waals surface area contributed by atoms with Crippen molar-refractivity contribution >= 4 is 5.91 Å². The summed E-state index contributed by atoms with van der Waals surface area (Å²) in [7, 11) is 1.70. The molecule has 2 atom stereocenters. The van der Waals surface area contributed by atoms with Crippen LogP contribution in [0.1, 0.15) is 42.5 Å². The zero-order valence-electron chi connectivity index (χ0n) is 12.5. The van der Waals surface area contributed by atoms with Gasteiger partial charge in [-0.3, -0.25) is 9.59 Å². The maximum absolute atomic E-state index is 12.8. The monoisotopic (exact) mass is 289 g/mol. The van der Waals surface area contributed by atoms with E-state index in [1.807, 2.05) is 4.90 Å². The molecule has 5 nitrogen and oxygen atoms in total. The van der Waals surface area contributed by atoms with Crippen LogP contribution in [0.25, 0.3) is 0 Å². The predicted molar refractivity (Wildman–Crippen MR) is 81.4 cm³/mol. The van der Waals surface area contributed by atoms with E-state index in [1.54, 1.807) is 19.3 Å². The lowest BCUT2D eigenvalue weighted by Gasteiger charge is -2.39. The second-order valence-electron chi connectivity index (χ2n) is 6.13. The Morgan fingerprint density at radius 3 is 2.86 bits per heavy atom. The Morgan fingerprint density at radius 1 is 1.29 bits per heavy atom. The van der Waals surface area contributed by atoms with Gasteiger partial charge in [-0.05, 0) is 44.7 Å². The topological polar surface area (TPSA) is 54.3 Å². The number of amides is 1. The van der Waals surface area contributed by atoms with E-state index in [0.717, 1.165) is 32.4 Å². The zero-order valence-corrected chi connectivity index (χ0v) is 12.5. The van der Waals surface area contributed by atoms with Gasteiger partial charge in [0.2, 0.25) is 0 Å². The second kappa shape index (κ2) is 6.02. The number of nitrogens with one attached hydrogen (secondary N) is 1. The first-order valence-electron chi connectivity index (χ1n) is 7.88. The molecule has 21 heavy (non-hydrogen) atoms. The number of hydrogen-bond acceptors (Lipinski definition) is 3. The quantitative estimate of drug-likeness (QED) is 0.888. The van der Waals surface area contributed by atoms with Crippen LogP contribution in [0.15, 0.2) is 23.1 Å². The molecule has 2 aliphatic heterocycles. The van der Waals surface area contributed by atoms with Crippen LogP contribution in [0.4, 0.5) is 0 Å². The van der Waals surface area contributed by atoms with E-state index in [4.69, 9.17) is 0 Å². The molecule has 0 spiro atoms. The first-order valence-corrected chi connectivity index (χ1v) is 7.88. The highest BCUT2D eigenvalue weighted by molar-refractivity contribution is 5.94. The van der Waals surface area contributed by atoms with Crippen molar-refractivity contribution in [3.05, 3.63) is 34.2 Å². The number of piperidine rings is 1. The van der Waals surface area contributed by atoms with Crippen LogP contribution in [0.5, 0.6) is 0 Å². The fraction of sp³-hybridized carbons (Fsp3) is 0.625. The Balaban J connectivity index is 1.83. The molecule has 0 aromatic carbocycles. The summed E-state index contributed by atoms with van der Waals surface area (Å²) in [6.45, 7) is 1.85. The van der Waals surface area contributed by atoms with Crippen LogP contribution in [-0.4, -0.2) is 40.5 Å². The smallest absolute Gasteiger partial charge is 0.254 e. The van der Waals surface area contributed by atoms with Gasteiger partial charge in [0, 0.05) is 43.5 Å². The largest absolute Gasteiger partial charge is 0.334 e. The van der Waals surface area contributed by atoms with Crippen molar-refractivity contribution in [2.24, 2.45) is 7.05 Å². The van der Waals surface area contributed by atoms with E-state index in [2.05, 4.69) is 5.32 Å². The van der Waals surface area contributed by atoms with Gasteiger partial charge < -0.3 is 14.8 Å². The molecule has 2 saturated heterocycles. The molecule has 2 fully saturated rings. The summed E-state index contributed by atoms with van der Waals surface area (Å²) >= 11 is 0. The Kier molecular flexibility index (Phi) is 4.10. The predicted octanol–water partition coefficient (Wildman–Crippen LogP) is 1.13. The van der Waals surface area contributed by atoms with E-state index in [0.29, 0.717) is 11.6 Å². The Hall–Kier alpha value is -1.62. The molecular formula is C16H23N3O2. The molecule has 3 rings (SSSR count). The van der Waals surface area contributed by atoms with E-state index in [1.165, 1.54) is 23.5 Å². The van der Waals surface area contributed by atoms with Gasteiger partial charge in [-0.1, -0.05) is 0 Å². The van der Waals surface area contributed by atoms with Crippen LogP contribution in [0.3, 0.4) is 0 Å². The van der Waals surface area contributed by atoms with Crippen molar-refractivity contribution in [2.75, 3.05) is 13.1 Å². The minimum Gasteiger partial charge on any atom is -0.334 e. The third kappa shape index (κ3) is 2.88. The molecule has 5 heteroatoms. The lowest BCUT2D eigenvalue weighted by Crippen LogP contribution is -2.52. The van der Waals surface area contributed by atoms with Gasteiger partial charge in [0.25, 0.3) is 11.5 Å². The van der Waals surface area contributed by atoms with E-state index >= 15 is 0 Å². The number of carbonyl (C=O) groups excluding carboxylic acids is 1. The number of likely N-dealkylation sites (tertiary alicyclic amines) is 1. The average Bonchev–Trinajstić information content (AvgIpc) is 3.03. The lowest BCUT2D eigenvalue weighted by atomic mass is 9.94. The summed E-state index contributed by atoms with van der Waals surface area (Å²) in [6, 6.07) is 3.90. The van der Waals surface area contributed by atoms with Crippen molar-refractivity contribution in [3.63, 3.8) is 0 Å². The van der Waals surface area contributed by atoms with Gasteiger partial charge in [-0.15, -0.1) is 0 Å². The minimum absolute atomic E-state index is 0.00565. The normalized spacial score (nSPS) is 26.0. The number of pyridine rings is 1. The fourth-order valence-electron chi connectivity index (χ4n) is 3.52. The van der Waals surface area contributed by atoms with Crippen LogP contribution in [0, 0.1) is 0 Å². The average molecular weight is 289 g/mol. The SMILES string of the molecule is Cn1ccc(C(=O)N2CCCCC2C2CCCN2)cc1=O. The molecule has 3 heterocycles. The van der Waals surface area contributed by atoms with Crippen LogP contribution < -0.4 is 10.9 Å². The number of rotatable bonds is 2. The highest BCUT2D eigenvalue weighted by atomic mass is 16.2. The highest BCUT2D eigenvalue weighted by Crippen LogP contribution is 2.25. The standard InChI is InChI=1S/C16H23N3O2/c1-18-10-7-12(11-15(18)20)16(21)19-9-3-2-6-14(19)13-5-4-8-17-13/h7,10-11,13-14,17H,2-6,8-9H2,1H3. The van der Waals surface area contributed by atoms with E-state index in [9.17, 15) is 9.59 Å². The Labute approximate surface area is 124 Å². The highest BCUT2D eigenvalue weighted by Gasteiger charge is 2.34. The second-order valence-corrected chi connectivity index (χ2v) is 6.13. The van der Waals surface area contributed by atoms with Crippen molar-refractivity contribution in [1.82, 2.24) is 14.8 Å². The first kappa shape index (κ1) is 14.3. The summed E-state index contributed by atoms with van der Waals surface area (Å²) in [4.78, 5) is 26.5. The summed E-state index contributed by atoms with van der Waals surface area (Å²) in [5.41, 5.74) is 0.386. The number of hydrogen-bond donors (Lipinski definition) is 1. The van der Waals surface area contributed by atoms with Crippen LogP contribution in [-0.2, 0) is 7.05 Å². The molecule has 2 aliphatic rings. The number of aromatic nitrogens is 1. The van der Waals surface area contributed by atoms with Crippen molar-refractivity contribution in [3.8, 4) is 0 Å². The van der Waals surface area contributed by atoms with E-state index < -0.39 is 0 Å². The summed E-state index contributed by atoms with van der Waals surface area (Å²) in [5, 5.41) is 3.52. The molecular weight excluding hydrogens is 266 g/mol. The minimum atomic E-state index is -0.131. The molecule has 1 aromatic rings. The first-order chi connectivity index (χ1) is 10.2. The number of nitrogens with zero attached hydrogens (tertiary/aromatic N) is 2. The summed E-state index contributed by atoms with van der Waals surface area (Å²) in [6.07, 6.45) is 7.31. The Bertz CT molecular complexity index is 575. The van der Waals surface area contributed by atoms with Gasteiger partial charge in [0.05, 0.1) is 0 Å². The molecule has 1 amide bonds. The molecule has 1 aromatic heterocycles. The third-order valence-corrected chi connectivity index (χ3v) is 4.72. The van der Waals surface area contributed by atoms with Crippen LogP contribution in [0.2, 0.25) is 0 Å². The molecule has 2 unspecified atom stereocenters. The third-order valence-electron chi connectivity index (χ3n) is 4.72. The molecule has 0 bridgehead atoms. The fourth-order valence-corrected chi connectivity index (χ4v) is 3.52. The lowest BCUT2D eigenvalue weighted by molar-refractivity contribution is 0.0563. The maximum Gasteiger partial charge on any atom is 0.254 e. The molecule has 0 saturated carbocycles. The summed E-state index contributed by atoms with van der Waals surface area (Å²) in [5.74, 6) is 0.00565. The summed E-state index contributed by atoms with van der Waals surface area (Å²) < 4.78 is 1.49. The van der Waals surface area contributed by atoms with Gasteiger partial charge in [-0.2, -0.15) is 0 Å². The molecule has 1 N–H and O–H groups in total. The molecule has 0 radical (unpaired) electrons. The van der Waals surface area contributed by atoms with Crippen molar-refractivity contribution < 1.29 is 4.79 Å². The Morgan fingerprint density at radius 2 is 2.14 bits per heavy atom. The number of carbonyl (C=O) groups is 1. The molecule has 0 aliphatic carbocycles. The van der Waals surface area contributed by atoms with Gasteiger partial charge in [-0.25, -0.2) is 0 Å².